The molecule has 3 rings (SSSR count). The molecule has 0 radical (unpaired) electrons. The van der Waals surface area contributed by atoms with Crippen molar-refractivity contribution in [2.24, 2.45) is 0 Å². The fourth-order valence-electron chi connectivity index (χ4n) is 3.44. The Labute approximate surface area is 134 Å². The summed E-state index contributed by atoms with van der Waals surface area (Å²) >= 11 is 0. The highest BCUT2D eigenvalue weighted by Crippen LogP contribution is 2.32. The number of carboxylic acid groups (broad SMARTS) is 1. The van der Waals surface area contributed by atoms with Gasteiger partial charge in [-0.25, -0.2) is 9.59 Å². The molecule has 2 N–H and O–H groups in total. The van der Waals surface area contributed by atoms with Crippen molar-refractivity contribution in [3.8, 4) is 5.75 Å². The van der Waals surface area contributed by atoms with Crippen LogP contribution in [0.4, 0.5) is 4.79 Å². The zero-order chi connectivity index (χ0) is 16.6. The van der Waals surface area contributed by atoms with E-state index in [1.165, 1.54) is 12.1 Å². The molecule has 7 nitrogen and oxygen atoms in total. The monoisotopic (exact) mass is 320 g/mol. The van der Waals surface area contributed by atoms with Gasteiger partial charge in [-0.15, -0.1) is 0 Å². The van der Waals surface area contributed by atoms with E-state index in [1.54, 1.807) is 18.0 Å². The van der Waals surface area contributed by atoms with Gasteiger partial charge in [0.25, 0.3) is 0 Å². The fourth-order valence-corrected chi connectivity index (χ4v) is 3.44. The largest absolute Gasteiger partial charge is 0.507 e. The summed E-state index contributed by atoms with van der Waals surface area (Å²) in [7, 11) is 1.73. The Morgan fingerprint density at radius 3 is 2.83 bits per heavy atom. The number of amides is 1. The summed E-state index contributed by atoms with van der Waals surface area (Å²) in [5, 5.41) is 18.7. The van der Waals surface area contributed by atoms with Crippen molar-refractivity contribution in [2.45, 2.75) is 25.0 Å². The second-order valence-corrected chi connectivity index (χ2v) is 6.38. The Morgan fingerprint density at radius 2 is 2.17 bits per heavy atom. The van der Waals surface area contributed by atoms with Crippen molar-refractivity contribution in [3.63, 3.8) is 0 Å². The summed E-state index contributed by atoms with van der Waals surface area (Å²) < 4.78 is 5.56. The van der Waals surface area contributed by atoms with Gasteiger partial charge in [-0.2, -0.15) is 0 Å². The maximum absolute atomic E-state index is 11.7. The molecule has 1 spiro atoms. The average molecular weight is 320 g/mol. The summed E-state index contributed by atoms with van der Waals surface area (Å²) in [5.41, 5.74) is 0.257. The molecule has 2 aliphatic heterocycles. The van der Waals surface area contributed by atoms with Gasteiger partial charge in [0, 0.05) is 20.1 Å². The summed E-state index contributed by atoms with van der Waals surface area (Å²) in [6, 6.07) is 4.61. The third-order valence-electron chi connectivity index (χ3n) is 4.46. The van der Waals surface area contributed by atoms with Gasteiger partial charge in [0.15, 0.2) is 0 Å². The lowest BCUT2D eigenvalue weighted by Gasteiger charge is -2.38. The number of phenols is 1. The van der Waals surface area contributed by atoms with Gasteiger partial charge in [0.1, 0.15) is 16.9 Å². The number of hydrogen-bond acceptors (Lipinski definition) is 5. The fraction of sp³-hybridized carbons (Fsp3) is 0.500. The molecular formula is C16H20N2O5. The first-order valence-electron chi connectivity index (χ1n) is 7.60. The summed E-state index contributed by atoms with van der Waals surface area (Å²) in [5.74, 6) is -1.38. The molecule has 1 unspecified atom stereocenters. The number of nitrogens with zero attached hydrogens (tertiary/aromatic N) is 2. The van der Waals surface area contributed by atoms with Gasteiger partial charge in [-0.1, -0.05) is 6.07 Å². The number of likely N-dealkylation sites (tertiary alicyclic amines) is 1. The van der Waals surface area contributed by atoms with Gasteiger partial charge in [0.05, 0.1) is 6.54 Å². The maximum Gasteiger partial charge on any atom is 0.410 e. The quantitative estimate of drug-likeness (QED) is 0.877. The zero-order valence-corrected chi connectivity index (χ0v) is 13.0. The van der Waals surface area contributed by atoms with E-state index in [0.717, 1.165) is 24.9 Å². The minimum atomic E-state index is -1.15. The van der Waals surface area contributed by atoms with Gasteiger partial charge in [-0.05, 0) is 37.1 Å². The number of benzene rings is 1. The molecular weight excluding hydrogens is 300 g/mol. The van der Waals surface area contributed by atoms with Crippen LogP contribution in [0.5, 0.6) is 5.75 Å². The lowest BCUT2D eigenvalue weighted by atomic mass is 9.92. The van der Waals surface area contributed by atoms with Crippen LogP contribution in [-0.2, 0) is 11.3 Å². The number of aromatic carboxylic acids is 1. The predicted molar refractivity (Wildman–Crippen MR) is 81.4 cm³/mol. The van der Waals surface area contributed by atoms with E-state index in [2.05, 4.69) is 4.90 Å². The maximum atomic E-state index is 11.7. The second-order valence-electron chi connectivity index (χ2n) is 6.38. The van der Waals surface area contributed by atoms with Gasteiger partial charge in [-0.3, -0.25) is 4.90 Å². The van der Waals surface area contributed by atoms with E-state index in [0.29, 0.717) is 19.6 Å². The molecule has 2 saturated heterocycles. The Bertz CT molecular complexity index is 647. The molecule has 2 heterocycles. The smallest absolute Gasteiger partial charge is 0.410 e. The van der Waals surface area contributed by atoms with Crippen molar-refractivity contribution in [2.75, 3.05) is 26.7 Å². The number of aromatic hydroxyl groups is 1. The van der Waals surface area contributed by atoms with Crippen molar-refractivity contribution in [3.05, 3.63) is 29.3 Å². The van der Waals surface area contributed by atoms with E-state index in [-0.39, 0.29) is 17.4 Å². The van der Waals surface area contributed by atoms with Gasteiger partial charge < -0.3 is 19.8 Å². The number of rotatable bonds is 3. The highest BCUT2D eigenvalue weighted by atomic mass is 16.6. The van der Waals surface area contributed by atoms with E-state index in [1.807, 2.05) is 0 Å². The highest BCUT2D eigenvalue weighted by Gasteiger charge is 2.46. The summed E-state index contributed by atoms with van der Waals surface area (Å²) in [4.78, 5) is 26.5. The van der Waals surface area contributed by atoms with Crippen LogP contribution in [0.15, 0.2) is 18.2 Å². The predicted octanol–water partition coefficient (Wildman–Crippen LogP) is 1.51. The Kier molecular flexibility index (Phi) is 3.89. The molecule has 23 heavy (non-hydrogen) atoms. The van der Waals surface area contributed by atoms with Crippen LogP contribution in [0.1, 0.15) is 28.8 Å². The first kappa shape index (κ1) is 15.6. The van der Waals surface area contributed by atoms with E-state index in [4.69, 9.17) is 9.84 Å². The SMILES string of the molecule is CN1CC2(CCCN(Cc3ccc(O)c(C(=O)O)c3)C2)OC1=O. The standard InChI is InChI=1S/C16H20N2O5/c1-17-9-16(23-15(17)22)5-2-6-18(10-16)8-11-3-4-13(19)12(7-11)14(20)21/h3-4,7,19H,2,5-6,8-10H2,1H3,(H,20,21). The third-order valence-corrected chi connectivity index (χ3v) is 4.46. The van der Waals surface area contributed by atoms with Crippen LogP contribution in [0, 0.1) is 0 Å². The molecule has 2 fully saturated rings. The Morgan fingerprint density at radius 1 is 1.39 bits per heavy atom. The molecule has 7 heteroatoms. The van der Waals surface area contributed by atoms with E-state index < -0.39 is 11.6 Å². The lowest BCUT2D eigenvalue weighted by molar-refractivity contribution is -0.0113. The Balaban J connectivity index is 1.72. The van der Waals surface area contributed by atoms with Crippen molar-refractivity contribution in [1.82, 2.24) is 9.80 Å². The minimum absolute atomic E-state index is 0.0961. The summed E-state index contributed by atoms with van der Waals surface area (Å²) in [6.45, 7) is 2.64. The molecule has 124 valence electrons. The first-order chi connectivity index (χ1) is 10.9. The molecule has 1 aromatic rings. The minimum Gasteiger partial charge on any atom is -0.507 e. The van der Waals surface area contributed by atoms with Crippen LogP contribution in [-0.4, -0.2) is 64.4 Å². The molecule has 0 aliphatic carbocycles. The number of likely N-dealkylation sites (N-methyl/N-ethyl adjacent to an activating group) is 1. The van der Waals surface area contributed by atoms with Crippen LogP contribution < -0.4 is 0 Å². The van der Waals surface area contributed by atoms with E-state index >= 15 is 0 Å². The average Bonchev–Trinajstić information content (AvgIpc) is 2.74. The van der Waals surface area contributed by atoms with Crippen molar-refractivity contribution in [1.29, 1.82) is 0 Å². The number of carbonyl (C=O) groups is 2. The van der Waals surface area contributed by atoms with Gasteiger partial charge in [0.2, 0.25) is 0 Å². The van der Waals surface area contributed by atoms with Crippen LogP contribution >= 0.6 is 0 Å². The topological polar surface area (TPSA) is 90.3 Å². The molecule has 1 aromatic carbocycles. The Hall–Kier alpha value is -2.28. The second kappa shape index (κ2) is 5.73. The van der Waals surface area contributed by atoms with Crippen molar-refractivity contribution < 1.29 is 24.5 Å². The molecule has 1 amide bonds. The molecule has 0 bridgehead atoms. The third kappa shape index (κ3) is 3.10. The van der Waals surface area contributed by atoms with Crippen molar-refractivity contribution >= 4 is 12.1 Å². The number of hydrogen-bond donors (Lipinski definition) is 2. The van der Waals surface area contributed by atoms with E-state index in [9.17, 15) is 14.7 Å². The van der Waals surface area contributed by atoms with Crippen LogP contribution in [0.3, 0.4) is 0 Å². The highest BCUT2D eigenvalue weighted by molar-refractivity contribution is 5.90. The number of carbonyl (C=O) groups excluding carboxylic acids is 1. The van der Waals surface area contributed by atoms with Gasteiger partial charge >= 0.3 is 12.1 Å². The van der Waals surface area contributed by atoms with Crippen LogP contribution in [0.2, 0.25) is 0 Å². The number of ether oxygens (including phenoxy) is 1. The first-order valence-corrected chi connectivity index (χ1v) is 7.60. The number of piperidine rings is 1. The number of carboxylic acids is 1. The summed E-state index contributed by atoms with van der Waals surface area (Å²) in [6.07, 6.45) is 1.48. The molecule has 2 aliphatic rings. The zero-order valence-electron chi connectivity index (χ0n) is 13.0. The molecule has 1 atom stereocenters. The molecule has 0 aromatic heterocycles. The lowest BCUT2D eigenvalue weighted by Crippen LogP contribution is -2.50. The van der Waals surface area contributed by atoms with Crippen LogP contribution in [0.25, 0.3) is 0 Å². The molecule has 0 saturated carbocycles. The normalized spacial score (nSPS) is 24.9.